The third-order valence-electron chi connectivity index (χ3n) is 11.3. The first-order valence-corrected chi connectivity index (χ1v) is 19.6. The minimum atomic E-state index is -4.01. The molecule has 4 aliphatic rings. The minimum Gasteiger partial charge on any atom is -0.497 e. The Morgan fingerprint density at radius 1 is 1.13 bits per heavy atom. The van der Waals surface area contributed by atoms with Gasteiger partial charge in [-0.3, -0.25) is 19.1 Å². The number of aromatic nitrogens is 1. The van der Waals surface area contributed by atoms with E-state index >= 15 is 0 Å². The van der Waals surface area contributed by atoms with Gasteiger partial charge >= 0.3 is 6.09 Å². The van der Waals surface area contributed by atoms with Crippen molar-refractivity contribution in [1.82, 2.24) is 25.2 Å². The van der Waals surface area contributed by atoms with Crippen molar-refractivity contribution in [3.8, 4) is 11.6 Å². The number of sulfonamides is 1. The molecular formula is C37H50N6O9S. The molecule has 6 rings (SSSR count). The second kappa shape index (κ2) is 14.3. The maximum atomic E-state index is 14.5. The second-order valence-corrected chi connectivity index (χ2v) is 17.9. The number of carbonyl (C=O) groups excluding carboxylic acids is 3. The standard InChI is InChI=1S/C37H50N6O9S/c1-21-9-7-8-10-24-19-37(24,34(46)41-53(49,50)36(3)13-14-36)40-31(44)28-18-26(20-43(28)33(45)30(22(2)15-21)39-35(47)48)52-32-27-12-11-25(51-6)16-23(27)17-29(38-32)42(4)5/h8,10-12,16-17,21-22,24,26,28,30,39H,7,9,13-15,18-20H2,1-6H3,(H,40,44)(H,41,46)(H,47,48)/t21-,22-,24-,26-,28+,30+,37-/m1/s1. The molecule has 2 aromatic rings. The third-order valence-corrected chi connectivity index (χ3v) is 13.4. The molecule has 1 aromatic carbocycles. The van der Waals surface area contributed by atoms with E-state index in [0.29, 0.717) is 42.6 Å². The van der Waals surface area contributed by atoms with Gasteiger partial charge in [0.2, 0.25) is 27.7 Å². The zero-order valence-electron chi connectivity index (χ0n) is 31.0. The Labute approximate surface area is 309 Å². The molecule has 4 amide bonds. The number of nitrogens with one attached hydrogen (secondary N) is 3. The predicted molar refractivity (Wildman–Crippen MR) is 197 cm³/mol. The molecule has 2 aliphatic carbocycles. The summed E-state index contributed by atoms with van der Waals surface area (Å²) in [6.45, 7) is 5.35. The normalized spacial score (nSPS) is 29.8. The van der Waals surface area contributed by atoms with Gasteiger partial charge in [0.05, 0.1) is 18.4 Å². The molecule has 288 valence electrons. The largest absolute Gasteiger partial charge is 0.497 e. The Kier molecular flexibility index (Phi) is 10.3. The van der Waals surface area contributed by atoms with Crippen molar-refractivity contribution in [3.63, 3.8) is 0 Å². The molecule has 0 spiro atoms. The molecule has 0 unspecified atom stereocenters. The Morgan fingerprint density at radius 2 is 1.87 bits per heavy atom. The van der Waals surface area contributed by atoms with Gasteiger partial charge in [-0.15, -0.1) is 0 Å². The summed E-state index contributed by atoms with van der Waals surface area (Å²) in [6, 6.07) is 5.00. The van der Waals surface area contributed by atoms with E-state index in [4.69, 9.17) is 14.5 Å². The molecule has 1 saturated heterocycles. The first-order valence-electron chi connectivity index (χ1n) is 18.1. The highest BCUT2D eigenvalue weighted by Gasteiger charge is 2.63. The lowest BCUT2D eigenvalue weighted by Crippen LogP contribution is -2.59. The molecule has 7 atom stereocenters. The Balaban J connectivity index is 1.36. The Bertz CT molecular complexity index is 1930. The Hall–Kier alpha value is -4.60. The molecule has 16 heteroatoms. The number of amides is 4. The number of carbonyl (C=O) groups is 4. The van der Waals surface area contributed by atoms with E-state index in [0.717, 1.165) is 11.8 Å². The molecule has 4 N–H and O–H groups in total. The summed E-state index contributed by atoms with van der Waals surface area (Å²) < 4.78 is 39.4. The van der Waals surface area contributed by atoms with Crippen LogP contribution in [0.15, 0.2) is 36.4 Å². The van der Waals surface area contributed by atoms with Gasteiger partial charge in [0.15, 0.2) is 0 Å². The number of hydrogen-bond acceptors (Lipinski definition) is 10. The summed E-state index contributed by atoms with van der Waals surface area (Å²) >= 11 is 0. The number of anilines is 1. The van der Waals surface area contributed by atoms with Crippen LogP contribution in [0.25, 0.3) is 10.8 Å². The lowest BCUT2D eigenvalue weighted by Gasteiger charge is -2.32. The van der Waals surface area contributed by atoms with Gasteiger partial charge in [0.25, 0.3) is 5.91 Å². The van der Waals surface area contributed by atoms with Crippen LogP contribution in [0.1, 0.15) is 65.7 Å². The van der Waals surface area contributed by atoms with Crippen LogP contribution in [-0.2, 0) is 24.4 Å². The highest BCUT2D eigenvalue weighted by atomic mass is 32.2. The highest BCUT2D eigenvalue weighted by Crippen LogP contribution is 2.47. The smallest absolute Gasteiger partial charge is 0.405 e. The quantitative estimate of drug-likeness (QED) is 0.289. The highest BCUT2D eigenvalue weighted by molar-refractivity contribution is 7.91. The number of ether oxygens (including phenoxy) is 2. The number of nitrogens with zero attached hydrogens (tertiary/aromatic N) is 3. The van der Waals surface area contributed by atoms with Gasteiger partial charge < -0.3 is 35.0 Å². The lowest BCUT2D eigenvalue weighted by molar-refractivity contribution is -0.142. The number of benzene rings is 1. The third kappa shape index (κ3) is 7.73. The van der Waals surface area contributed by atoms with Crippen LogP contribution in [0, 0.1) is 17.8 Å². The fourth-order valence-electron chi connectivity index (χ4n) is 7.52. The summed E-state index contributed by atoms with van der Waals surface area (Å²) in [5.41, 5.74) is -1.55. The van der Waals surface area contributed by atoms with Crippen LogP contribution in [0.4, 0.5) is 10.6 Å². The molecule has 2 aliphatic heterocycles. The van der Waals surface area contributed by atoms with E-state index in [-0.39, 0.29) is 31.2 Å². The molecular weight excluding hydrogens is 705 g/mol. The summed E-state index contributed by atoms with van der Waals surface area (Å²) in [5, 5.41) is 16.5. The summed E-state index contributed by atoms with van der Waals surface area (Å²) in [5.74, 6) is -1.32. The van der Waals surface area contributed by atoms with Crippen LogP contribution in [0.3, 0.4) is 0 Å². The zero-order chi connectivity index (χ0) is 38.5. The topological polar surface area (TPSA) is 197 Å². The van der Waals surface area contributed by atoms with Crippen molar-refractivity contribution < 1.29 is 42.2 Å². The van der Waals surface area contributed by atoms with Gasteiger partial charge in [0, 0.05) is 31.8 Å². The summed E-state index contributed by atoms with van der Waals surface area (Å²) in [4.78, 5) is 62.6. The van der Waals surface area contributed by atoms with E-state index in [1.165, 1.54) is 4.90 Å². The van der Waals surface area contributed by atoms with E-state index in [1.54, 1.807) is 20.1 Å². The summed E-state index contributed by atoms with van der Waals surface area (Å²) in [7, 11) is 1.25. The fourth-order valence-corrected chi connectivity index (χ4v) is 8.84. The van der Waals surface area contributed by atoms with Crippen molar-refractivity contribution in [2.24, 2.45) is 17.8 Å². The van der Waals surface area contributed by atoms with E-state index in [9.17, 15) is 32.7 Å². The Morgan fingerprint density at radius 3 is 2.53 bits per heavy atom. The molecule has 15 nitrogen and oxygen atoms in total. The second-order valence-electron chi connectivity index (χ2n) is 15.7. The van der Waals surface area contributed by atoms with E-state index in [2.05, 4.69) is 15.4 Å². The summed E-state index contributed by atoms with van der Waals surface area (Å²) in [6.07, 6.45) is 4.62. The van der Waals surface area contributed by atoms with Crippen LogP contribution in [0.2, 0.25) is 0 Å². The van der Waals surface area contributed by atoms with Crippen LogP contribution < -0.4 is 29.7 Å². The number of carboxylic acid groups (broad SMARTS) is 1. The van der Waals surface area contributed by atoms with Crippen LogP contribution in [-0.4, -0.2) is 103 Å². The van der Waals surface area contributed by atoms with Gasteiger partial charge in [0.1, 0.15) is 35.3 Å². The number of hydrogen-bond donors (Lipinski definition) is 4. The molecule has 3 heterocycles. The van der Waals surface area contributed by atoms with E-state index in [1.807, 2.05) is 63.2 Å². The van der Waals surface area contributed by atoms with E-state index < -0.39 is 74.1 Å². The number of pyridine rings is 1. The molecule has 1 aromatic heterocycles. The number of rotatable bonds is 8. The molecule has 53 heavy (non-hydrogen) atoms. The molecule has 3 fully saturated rings. The number of methoxy groups -OCH3 is 1. The van der Waals surface area contributed by atoms with Crippen LogP contribution >= 0.6 is 0 Å². The van der Waals surface area contributed by atoms with Gasteiger partial charge in [-0.1, -0.05) is 26.0 Å². The van der Waals surface area contributed by atoms with Crippen molar-refractivity contribution in [3.05, 3.63) is 36.4 Å². The van der Waals surface area contributed by atoms with Crippen LogP contribution in [0.5, 0.6) is 11.6 Å². The number of fused-ring (bicyclic) bond motifs is 3. The average molecular weight is 755 g/mol. The average Bonchev–Trinajstić information content (AvgIpc) is 3.98. The van der Waals surface area contributed by atoms with Crippen molar-refractivity contribution >= 4 is 50.4 Å². The zero-order valence-corrected chi connectivity index (χ0v) is 31.9. The van der Waals surface area contributed by atoms with Crippen molar-refractivity contribution in [1.29, 1.82) is 0 Å². The maximum absolute atomic E-state index is 14.5. The van der Waals surface area contributed by atoms with Crippen molar-refractivity contribution in [2.45, 2.75) is 94.2 Å². The molecule has 0 radical (unpaired) electrons. The van der Waals surface area contributed by atoms with Gasteiger partial charge in [-0.2, -0.15) is 4.98 Å². The monoisotopic (exact) mass is 754 g/mol. The molecule has 2 saturated carbocycles. The first kappa shape index (κ1) is 38.1. The fraction of sp³-hybridized carbons (Fsp3) is 0.595. The minimum absolute atomic E-state index is 0.00223. The number of allylic oxidation sites excluding steroid dienone is 1. The maximum Gasteiger partial charge on any atom is 0.405 e. The SMILES string of the molecule is COc1ccc2c(O[C@@H]3C[C@H]4C(=O)N[C@]5(C(=O)NS(=O)(=O)C6(C)CC6)C[C@H]5C=CCC[C@@H](C)C[C@@H](C)[C@H](NC(=O)O)C(=O)N4C3)nc(N(C)C)cc2c1. The molecule has 0 bridgehead atoms. The predicted octanol–water partition coefficient (Wildman–Crippen LogP) is 3.18. The lowest BCUT2D eigenvalue weighted by atomic mass is 9.88. The van der Waals surface area contributed by atoms with Crippen molar-refractivity contribution in [2.75, 3.05) is 32.6 Å². The van der Waals surface area contributed by atoms with Gasteiger partial charge in [-0.05, 0) is 86.9 Å². The van der Waals surface area contributed by atoms with Gasteiger partial charge in [-0.25, -0.2) is 13.2 Å². The first-order chi connectivity index (χ1) is 25.0.